The minimum Gasteiger partial charge on any atom is -0.394 e. The zero-order valence-electron chi connectivity index (χ0n) is 7.84. The van der Waals surface area contributed by atoms with Gasteiger partial charge in [-0.3, -0.25) is 0 Å². The second-order valence-electron chi connectivity index (χ2n) is 3.99. The lowest BCUT2D eigenvalue weighted by atomic mass is 10.0. The third kappa shape index (κ3) is 1.52. The van der Waals surface area contributed by atoms with Crippen LogP contribution in [0.1, 0.15) is 28.7 Å². The summed E-state index contributed by atoms with van der Waals surface area (Å²) in [5.74, 6) is 0. The zero-order chi connectivity index (χ0) is 9.47. The number of aryl methyl sites for hydroxylation is 2. The summed E-state index contributed by atoms with van der Waals surface area (Å²) >= 11 is 1.77. The van der Waals surface area contributed by atoms with Crippen molar-refractivity contribution < 1.29 is 5.11 Å². The molecule has 0 aromatic carbocycles. The first-order chi connectivity index (χ1) is 6.13. The Hall–Kier alpha value is -0.380. The van der Waals surface area contributed by atoms with Crippen LogP contribution in [0, 0.1) is 0 Å². The normalized spacial score (nSPS) is 19.9. The van der Waals surface area contributed by atoms with Gasteiger partial charge in [0.2, 0.25) is 0 Å². The Labute approximate surface area is 82.4 Å². The molecule has 0 spiro atoms. The van der Waals surface area contributed by atoms with Crippen molar-refractivity contribution in [2.24, 2.45) is 5.73 Å². The van der Waals surface area contributed by atoms with Crippen LogP contribution in [0.2, 0.25) is 0 Å². The summed E-state index contributed by atoms with van der Waals surface area (Å²) in [4.78, 5) is 2.60. The van der Waals surface area contributed by atoms with Crippen LogP contribution < -0.4 is 5.73 Å². The molecule has 1 atom stereocenters. The maximum Gasteiger partial charge on any atom is 0.0709 e. The molecule has 1 aliphatic rings. The highest BCUT2D eigenvalue weighted by Gasteiger charge is 2.25. The van der Waals surface area contributed by atoms with Crippen molar-refractivity contribution in [1.29, 1.82) is 0 Å². The van der Waals surface area contributed by atoms with E-state index in [1.54, 1.807) is 11.3 Å². The minimum atomic E-state index is -0.547. The standard InChI is InChI=1S/C10H15NOS/c1-10(11,6-12)9-5-7-3-2-4-8(7)13-9/h5,12H,2-4,6,11H2,1H3. The third-order valence-corrected chi connectivity index (χ3v) is 4.15. The molecule has 0 radical (unpaired) electrons. The van der Waals surface area contributed by atoms with E-state index in [0.29, 0.717) is 0 Å². The van der Waals surface area contributed by atoms with Gasteiger partial charge in [-0.05, 0) is 37.8 Å². The molecular formula is C10H15NOS. The fraction of sp³-hybridized carbons (Fsp3) is 0.600. The van der Waals surface area contributed by atoms with Gasteiger partial charge in [-0.15, -0.1) is 11.3 Å². The van der Waals surface area contributed by atoms with E-state index in [2.05, 4.69) is 6.07 Å². The monoisotopic (exact) mass is 197 g/mol. The molecule has 0 fully saturated rings. The van der Waals surface area contributed by atoms with Crippen LogP contribution in [0.3, 0.4) is 0 Å². The summed E-state index contributed by atoms with van der Waals surface area (Å²) in [6.07, 6.45) is 3.66. The predicted octanol–water partition coefficient (Wildman–Crippen LogP) is 1.40. The van der Waals surface area contributed by atoms with E-state index < -0.39 is 5.54 Å². The quantitative estimate of drug-likeness (QED) is 0.753. The fourth-order valence-corrected chi connectivity index (χ4v) is 2.99. The van der Waals surface area contributed by atoms with E-state index in [1.165, 1.54) is 29.7 Å². The topological polar surface area (TPSA) is 46.2 Å². The average Bonchev–Trinajstić information content (AvgIpc) is 2.61. The molecule has 0 amide bonds. The summed E-state index contributed by atoms with van der Waals surface area (Å²) in [6.45, 7) is 1.90. The summed E-state index contributed by atoms with van der Waals surface area (Å²) in [6, 6.07) is 2.17. The molecule has 0 saturated carbocycles. The third-order valence-electron chi connectivity index (χ3n) is 2.64. The van der Waals surface area contributed by atoms with E-state index >= 15 is 0 Å². The molecular weight excluding hydrogens is 182 g/mol. The van der Waals surface area contributed by atoms with Gasteiger partial charge >= 0.3 is 0 Å². The number of hydrogen-bond donors (Lipinski definition) is 2. The number of thiophene rings is 1. The Kier molecular flexibility index (Phi) is 2.18. The maximum absolute atomic E-state index is 9.12. The van der Waals surface area contributed by atoms with Crippen molar-refractivity contribution in [2.75, 3.05) is 6.61 Å². The molecule has 72 valence electrons. The number of aliphatic hydroxyl groups excluding tert-OH is 1. The largest absolute Gasteiger partial charge is 0.394 e. The Bertz CT molecular complexity index is 295. The van der Waals surface area contributed by atoms with Gasteiger partial charge in [0.1, 0.15) is 0 Å². The molecule has 3 heteroatoms. The second kappa shape index (κ2) is 3.08. The van der Waals surface area contributed by atoms with Crippen LogP contribution in [0.4, 0.5) is 0 Å². The molecule has 1 aromatic rings. The second-order valence-corrected chi connectivity index (χ2v) is 5.12. The van der Waals surface area contributed by atoms with Crippen LogP contribution in [0.5, 0.6) is 0 Å². The molecule has 1 aromatic heterocycles. The zero-order valence-corrected chi connectivity index (χ0v) is 8.66. The number of nitrogens with two attached hydrogens (primary N) is 1. The van der Waals surface area contributed by atoms with Crippen LogP contribution in [0.15, 0.2) is 6.07 Å². The van der Waals surface area contributed by atoms with Gasteiger partial charge in [-0.2, -0.15) is 0 Å². The number of rotatable bonds is 2. The van der Waals surface area contributed by atoms with Crippen molar-refractivity contribution in [3.05, 3.63) is 21.4 Å². The first-order valence-corrected chi connectivity index (χ1v) is 5.47. The summed E-state index contributed by atoms with van der Waals surface area (Å²) in [5.41, 5.74) is 6.86. The van der Waals surface area contributed by atoms with Gasteiger partial charge < -0.3 is 10.8 Å². The average molecular weight is 197 g/mol. The lowest BCUT2D eigenvalue weighted by Gasteiger charge is -2.19. The first kappa shape index (κ1) is 9.19. The van der Waals surface area contributed by atoms with E-state index in [0.717, 1.165) is 4.88 Å². The van der Waals surface area contributed by atoms with Gasteiger partial charge in [0.05, 0.1) is 12.1 Å². The van der Waals surface area contributed by atoms with E-state index in [1.807, 2.05) is 6.92 Å². The van der Waals surface area contributed by atoms with Gasteiger partial charge in [-0.25, -0.2) is 0 Å². The lowest BCUT2D eigenvalue weighted by molar-refractivity contribution is 0.212. The molecule has 2 rings (SSSR count). The van der Waals surface area contributed by atoms with Gasteiger partial charge in [0, 0.05) is 9.75 Å². The molecule has 0 bridgehead atoms. The molecule has 13 heavy (non-hydrogen) atoms. The van der Waals surface area contributed by atoms with Crippen LogP contribution in [-0.4, -0.2) is 11.7 Å². The molecule has 0 saturated heterocycles. The Morgan fingerprint density at radius 1 is 1.62 bits per heavy atom. The van der Waals surface area contributed by atoms with E-state index in [9.17, 15) is 0 Å². The van der Waals surface area contributed by atoms with Crippen molar-refractivity contribution in [2.45, 2.75) is 31.7 Å². The lowest BCUT2D eigenvalue weighted by Crippen LogP contribution is -2.35. The molecule has 0 aliphatic heterocycles. The molecule has 3 N–H and O–H groups in total. The van der Waals surface area contributed by atoms with Crippen LogP contribution >= 0.6 is 11.3 Å². The number of aliphatic hydroxyl groups is 1. The minimum absolute atomic E-state index is 0.0202. The van der Waals surface area contributed by atoms with Crippen molar-refractivity contribution in [3.8, 4) is 0 Å². The van der Waals surface area contributed by atoms with E-state index in [4.69, 9.17) is 10.8 Å². The Morgan fingerprint density at radius 2 is 2.38 bits per heavy atom. The highest BCUT2D eigenvalue weighted by atomic mass is 32.1. The first-order valence-electron chi connectivity index (χ1n) is 4.65. The Balaban J connectivity index is 2.33. The van der Waals surface area contributed by atoms with Gasteiger partial charge in [-0.1, -0.05) is 0 Å². The summed E-state index contributed by atoms with van der Waals surface area (Å²) in [5, 5.41) is 9.12. The molecule has 2 nitrogen and oxygen atoms in total. The molecule has 1 aliphatic carbocycles. The summed E-state index contributed by atoms with van der Waals surface area (Å²) < 4.78 is 0. The number of hydrogen-bond acceptors (Lipinski definition) is 3. The number of fused-ring (bicyclic) bond motifs is 1. The molecule has 1 unspecified atom stereocenters. The smallest absolute Gasteiger partial charge is 0.0709 e. The highest BCUT2D eigenvalue weighted by Crippen LogP contribution is 2.34. The van der Waals surface area contributed by atoms with Crippen molar-refractivity contribution in [1.82, 2.24) is 0 Å². The van der Waals surface area contributed by atoms with E-state index in [-0.39, 0.29) is 6.61 Å². The van der Waals surface area contributed by atoms with Crippen LogP contribution in [0.25, 0.3) is 0 Å². The highest BCUT2D eigenvalue weighted by molar-refractivity contribution is 7.12. The molecule has 1 heterocycles. The summed E-state index contributed by atoms with van der Waals surface area (Å²) in [7, 11) is 0. The SMILES string of the molecule is CC(N)(CO)c1cc2c(s1)CCC2. The van der Waals surface area contributed by atoms with Gasteiger partial charge in [0.15, 0.2) is 0 Å². The van der Waals surface area contributed by atoms with Crippen molar-refractivity contribution >= 4 is 11.3 Å². The maximum atomic E-state index is 9.12. The van der Waals surface area contributed by atoms with Crippen LogP contribution in [-0.2, 0) is 18.4 Å². The van der Waals surface area contributed by atoms with Gasteiger partial charge in [0.25, 0.3) is 0 Å². The van der Waals surface area contributed by atoms with Crippen molar-refractivity contribution in [3.63, 3.8) is 0 Å². The fourth-order valence-electron chi connectivity index (χ4n) is 1.69. The Morgan fingerprint density at radius 3 is 3.00 bits per heavy atom. The predicted molar refractivity (Wildman–Crippen MR) is 55.0 cm³/mol.